The molecule has 2 aromatic carbocycles. The molecule has 0 amide bonds. The summed E-state index contributed by atoms with van der Waals surface area (Å²) >= 11 is 5.55. The van der Waals surface area contributed by atoms with Gasteiger partial charge in [0.15, 0.2) is 0 Å². The Kier molecular flexibility index (Phi) is 4.64. The van der Waals surface area contributed by atoms with Gasteiger partial charge < -0.3 is 0 Å². The van der Waals surface area contributed by atoms with Crippen LogP contribution in [0.1, 0.15) is 11.1 Å². The zero-order valence-corrected chi connectivity index (χ0v) is 13.8. The minimum Gasteiger partial charge on any atom is -0.269 e. The van der Waals surface area contributed by atoms with Gasteiger partial charge >= 0.3 is 6.18 Å². The van der Waals surface area contributed by atoms with Crippen molar-refractivity contribution in [2.24, 2.45) is 0 Å². The van der Waals surface area contributed by atoms with E-state index in [0.717, 1.165) is 15.9 Å². The lowest BCUT2D eigenvalue weighted by molar-refractivity contribution is -0.137. The number of halogens is 4. The van der Waals surface area contributed by atoms with Crippen LogP contribution in [0, 0.1) is 6.92 Å². The summed E-state index contributed by atoms with van der Waals surface area (Å²) in [6.07, 6.45) is -4.67. The van der Waals surface area contributed by atoms with Gasteiger partial charge in [0.1, 0.15) is 0 Å². The molecule has 0 N–H and O–H groups in total. The first kappa shape index (κ1) is 17.6. The standard InChI is InChI=1S/C15H13ClF3NO2S/c1-10-3-6-12(7-4-10)23(21,22)20(2)11-5-8-14(16)13(9-11)15(17,18)19/h3-9H,1-2H3. The maximum Gasteiger partial charge on any atom is 0.417 e. The zero-order chi connectivity index (χ0) is 17.4. The fourth-order valence-corrected chi connectivity index (χ4v) is 3.35. The molecule has 0 bridgehead atoms. The average molecular weight is 364 g/mol. The fourth-order valence-electron chi connectivity index (χ4n) is 1.93. The summed E-state index contributed by atoms with van der Waals surface area (Å²) in [5, 5.41) is -0.484. The number of alkyl halides is 3. The van der Waals surface area contributed by atoms with Gasteiger partial charge in [0.2, 0.25) is 0 Å². The second-order valence-electron chi connectivity index (χ2n) is 4.95. The van der Waals surface area contributed by atoms with E-state index in [9.17, 15) is 21.6 Å². The lowest BCUT2D eigenvalue weighted by atomic mass is 10.2. The lowest BCUT2D eigenvalue weighted by Crippen LogP contribution is -2.27. The third-order valence-corrected chi connectivity index (χ3v) is 5.43. The van der Waals surface area contributed by atoms with Crippen LogP contribution in [0.4, 0.5) is 18.9 Å². The van der Waals surface area contributed by atoms with Gasteiger partial charge in [0, 0.05) is 7.05 Å². The first-order valence-electron chi connectivity index (χ1n) is 6.46. The first-order valence-corrected chi connectivity index (χ1v) is 8.27. The largest absolute Gasteiger partial charge is 0.417 e. The van der Waals surface area contributed by atoms with E-state index in [4.69, 9.17) is 11.6 Å². The highest BCUT2D eigenvalue weighted by Crippen LogP contribution is 2.37. The van der Waals surface area contributed by atoms with Gasteiger partial charge in [-0.2, -0.15) is 13.2 Å². The number of anilines is 1. The topological polar surface area (TPSA) is 37.4 Å². The van der Waals surface area contributed by atoms with Crippen molar-refractivity contribution < 1.29 is 21.6 Å². The minimum atomic E-state index is -4.67. The average Bonchev–Trinajstić information content (AvgIpc) is 2.46. The molecule has 2 aromatic rings. The molecule has 0 aliphatic rings. The molecule has 0 aliphatic heterocycles. The van der Waals surface area contributed by atoms with Crippen LogP contribution < -0.4 is 4.31 Å². The van der Waals surface area contributed by atoms with Crippen molar-refractivity contribution in [3.63, 3.8) is 0 Å². The molecule has 3 nitrogen and oxygen atoms in total. The van der Waals surface area contributed by atoms with E-state index < -0.39 is 26.8 Å². The molecule has 0 aliphatic carbocycles. The molecule has 2 rings (SSSR count). The quantitative estimate of drug-likeness (QED) is 0.805. The Morgan fingerprint density at radius 3 is 2.13 bits per heavy atom. The molecule has 0 fully saturated rings. The summed E-state index contributed by atoms with van der Waals surface area (Å²) in [4.78, 5) is -0.00545. The maximum atomic E-state index is 12.9. The number of aryl methyl sites for hydroxylation is 1. The second kappa shape index (κ2) is 6.05. The van der Waals surface area contributed by atoms with E-state index in [1.807, 2.05) is 0 Å². The van der Waals surface area contributed by atoms with Gasteiger partial charge in [-0.15, -0.1) is 0 Å². The lowest BCUT2D eigenvalue weighted by Gasteiger charge is -2.21. The Balaban J connectivity index is 2.48. The second-order valence-corrected chi connectivity index (χ2v) is 7.32. The van der Waals surface area contributed by atoms with Crippen molar-refractivity contribution in [3.05, 3.63) is 58.6 Å². The molecule has 0 aromatic heterocycles. The summed E-state index contributed by atoms with van der Waals surface area (Å²) in [6.45, 7) is 1.80. The maximum absolute atomic E-state index is 12.9. The highest BCUT2D eigenvalue weighted by Gasteiger charge is 2.34. The van der Waals surface area contributed by atoms with E-state index in [0.29, 0.717) is 6.07 Å². The summed E-state index contributed by atoms with van der Waals surface area (Å²) < 4.78 is 64.5. The van der Waals surface area contributed by atoms with Crippen molar-refractivity contribution in [1.29, 1.82) is 0 Å². The molecule has 0 radical (unpaired) electrons. The smallest absolute Gasteiger partial charge is 0.269 e. The van der Waals surface area contributed by atoms with Crippen LogP contribution in [0.2, 0.25) is 5.02 Å². The zero-order valence-electron chi connectivity index (χ0n) is 12.2. The van der Waals surface area contributed by atoms with Crippen molar-refractivity contribution in [1.82, 2.24) is 0 Å². The van der Waals surface area contributed by atoms with Crippen LogP contribution in [0.3, 0.4) is 0 Å². The van der Waals surface area contributed by atoms with Gasteiger partial charge in [-0.1, -0.05) is 29.3 Å². The molecule has 0 saturated heterocycles. The predicted octanol–water partition coefficient (Wildman–Crippen LogP) is 4.49. The highest BCUT2D eigenvalue weighted by molar-refractivity contribution is 7.92. The third-order valence-electron chi connectivity index (χ3n) is 3.30. The SMILES string of the molecule is Cc1ccc(S(=O)(=O)N(C)c2ccc(Cl)c(C(F)(F)F)c2)cc1. The Morgan fingerprint density at radius 2 is 1.61 bits per heavy atom. The summed E-state index contributed by atoms with van der Waals surface area (Å²) in [5.74, 6) is 0. The Bertz CT molecular complexity index is 818. The predicted molar refractivity (Wildman–Crippen MR) is 83.2 cm³/mol. The van der Waals surface area contributed by atoms with Gasteiger partial charge in [-0.25, -0.2) is 8.42 Å². The van der Waals surface area contributed by atoms with Crippen LogP contribution in [0.5, 0.6) is 0 Å². The molecule has 23 heavy (non-hydrogen) atoms. The number of rotatable bonds is 3. The molecule has 0 heterocycles. The third kappa shape index (κ3) is 3.61. The molecule has 0 unspecified atom stereocenters. The van der Waals surface area contributed by atoms with Crippen LogP contribution in [0.15, 0.2) is 47.4 Å². The summed E-state index contributed by atoms with van der Waals surface area (Å²) in [7, 11) is -2.77. The van der Waals surface area contributed by atoms with Crippen molar-refractivity contribution in [2.45, 2.75) is 18.0 Å². The van der Waals surface area contributed by atoms with E-state index in [1.54, 1.807) is 19.1 Å². The summed E-state index contributed by atoms with van der Waals surface area (Å²) in [5.41, 5.74) is -0.331. The van der Waals surface area contributed by atoms with Crippen LogP contribution in [0.25, 0.3) is 0 Å². The van der Waals surface area contributed by atoms with Gasteiger partial charge in [-0.05, 0) is 37.3 Å². The number of benzene rings is 2. The van der Waals surface area contributed by atoms with E-state index in [-0.39, 0.29) is 10.6 Å². The van der Waals surface area contributed by atoms with Crippen molar-refractivity contribution in [3.8, 4) is 0 Å². The molecule has 8 heteroatoms. The van der Waals surface area contributed by atoms with Gasteiger partial charge in [0.05, 0.1) is 21.2 Å². The van der Waals surface area contributed by atoms with Crippen molar-refractivity contribution >= 4 is 27.3 Å². The normalized spacial score (nSPS) is 12.3. The fraction of sp³-hybridized carbons (Fsp3) is 0.200. The molecule has 124 valence electrons. The van der Waals surface area contributed by atoms with Crippen LogP contribution >= 0.6 is 11.6 Å². The molecule has 0 atom stereocenters. The van der Waals surface area contributed by atoms with E-state index in [2.05, 4.69) is 0 Å². The Morgan fingerprint density at radius 1 is 1.04 bits per heavy atom. The molecular weight excluding hydrogens is 351 g/mol. The van der Waals surface area contributed by atoms with Crippen LogP contribution in [-0.4, -0.2) is 15.5 Å². The van der Waals surface area contributed by atoms with E-state index >= 15 is 0 Å². The Labute approximate surface area is 137 Å². The Hall–Kier alpha value is -1.73. The van der Waals surface area contributed by atoms with Crippen molar-refractivity contribution in [2.75, 3.05) is 11.4 Å². The summed E-state index contributed by atoms with van der Waals surface area (Å²) in [6, 6.07) is 9.01. The van der Waals surface area contributed by atoms with Gasteiger partial charge in [0.25, 0.3) is 10.0 Å². The molecule has 0 spiro atoms. The number of hydrogen-bond donors (Lipinski definition) is 0. The molecular formula is C15H13ClF3NO2S. The number of hydrogen-bond acceptors (Lipinski definition) is 2. The number of sulfonamides is 1. The molecule has 0 saturated carbocycles. The number of nitrogens with zero attached hydrogens (tertiary/aromatic N) is 1. The van der Waals surface area contributed by atoms with Crippen LogP contribution in [-0.2, 0) is 16.2 Å². The van der Waals surface area contributed by atoms with E-state index in [1.165, 1.54) is 25.2 Å². The minimum absolute atomic E-state index is 0.00545. The first-order chi connectivity index (χ1) is 10.5. The monoisotopic (exact) mass is 363 g/mol. The highest BCUT2D eigenvalue weighted by atomic mass is 35.5. The van der Waals surface area contributed by atoms with Gasteiger partial charge in [-0.3, -0.25) is 4.31 Å².